The molecule has 9 heteroatoms. The van der Waals surface area contributed by atoms with E-state index in [4.69, 9.17) is 4.74 Å². The van der Waals surface area contributed by atoms with Crippen molar-refractivity contribution in [2.45, 2.75) is 52.4 Å². The molecule has 130 valence electrons. The highest BCUT2D eigenvalue weighted by Crippen LogP contribution is 2.10. The molecule has 0 aliphatic rings. The van der Waals surface area contributed by atoms with Gasteiger partial charge in [-0.2, -0.15) is 0 Å². The average molecular weight is 328 g/mol. The summed E-state index contributed by atoms with van der Waals surface area (Å²) in [5, 5.41) is 19.7. The van der Waals surface area contributed by atoms with E-state index >= 15 is 0 Å². The summed E-state index contributed by atoms with van der Waals surface area (Å²) in [5.41, 5.74) is -0.0374. The van der Waals surface area contributed by atoms with Crippen molar-refractivity contribution < 1.29 is 24.2 Å². The molecule has 23 heavy (non-hydrogen) atoms. The van der Waals surface area contributed by atoms with Crippen LogP contribution in [0, 0.1) is 0 Å². The lowest BCUT2D eigenvalue weighted by molar-refractivity contribution is 0.0527. The summed E-state index contributed by atoms with van der Waals surface area (Å²) in [6, 6.07) is 0. The Bertz CT molecular complexity index is 548. The van der Waals surface area contributed by atoms with Crippen molar-refractivity contribution in [2.75, 3.05) is 13.7 Å². The molecular weight excluding hydrogens is 304 g/mol. The summed E-state index contributed by atoms with van der Waals surface area (Å²) >= 11 is 0. The zero-order valence-corrected chi connectivity index (χ0v) is 14.1. The number of alkyl carbamates (subject to hydrolysis) is 1. The number of carbonyl (C=O) groups is 2. The number of aliphatic hydroxyl groups is 1. The van der Waals surface area contributed by atoms with E-state index in [1.54, 1.807) is 27.7 Å². The number of nitrogens with zero attached hydrogens (tertiary/aromatic N) is 3. The first-order chi connectivity index (χ1) is 10.6. The van der Waals surface area contributed by atoms with Crippen molar-refractivity contribution in [3.05, 3.63) is 11.4 Å². The van der Waals surface area contributed by atoms with Gasteiger partial charge in [-0.1, -0.05) is 5.21 Å². The molecule has 0 aromatic carbocycles. The van der Waals surface area contributed by atoms with Crippen LogP contribution >= 0.6 is 0 Å². The second-order valence-corrected chi connectivity index (χ2v) is 6.09. The fourth-order valence-corrected chi connectivity index (χ4v) is 1.83. The molecule has 1 amide bonds. The summed E-state index contributed by atoms with van der Waals surface area (Å²) in [6.45, 7) is 7.32. The molecule has 0 aliphatic carbocycles. The van der Waals surface area contributed by atoms with Gasteiger partial charge in [-0.3, -0.25) is 0 Å². The number of nitrogens with one attached hydrogen (secondary N) is 1. The van der Waals surface area contributed by atoms with Crippen molar-refractivity contribution in [1.29, 1.82) is 0 Å². The van der Waals surface area contributed by atoms with E-state index in [0.29, 0.717) is 12.1 Å². The van der Waals surface area contributed by atoms with Crippen LogP contribution in [-0.4, -0.2) is 57.5 Å². The number of methoxy groups -OCH3 is 1. The molecule has 0 fully saturated rings. The maximum Gasteiger partial charge on any atom is 0.407 e. The minimum atomic E-state index is -0.653. The molecule has 0 bridgehead atoms. The van der Waals surface area contributed by atoms with Gasteiger partial charge in [0.25, 0.3) is 0 Å². The molecule has 1 aromatic heterocycles. The van der Waals surface area contributed by atoms with Crippen LogP contribution < -0.4 is 5.32 Å². The third-order valence-electron chi connectivity index (χ3n) is 2.68. The number of aromatic nitrogens is 3. The van der Waals surface area contributed by atoms with Gasteiger partial charge in [0.05, 0.1) is 25.5 Å². The van der Waals surface area contributed by atoms with E-state index < -0.39 is 23.8 Å². The summed E-state index contributed by atoms with van der Waals surface area (Å²) in [4.78, 5) is 23.3. The number of aliphatic hydroxyl groups excluding tert-OH is 1. The van der Waals surface area contributed by atoms with Gasteiger partial charge in [-0.05, 0) is 27.7 Å². The van der Waals surface area contributed by atoms with Gasteiger partial charge < -0.3 is 19.9 Å². The van der Waals surface area contributed by atoms with Gasteiger partial charge in [-0.25, -0.2) is 14.3 Å². The van der Waals surface area contributed by atoms with Crippen LogP contribution in [0.2, 0.25) is 0 Å². The zero-order valence-electron chi connectivity index (χ0n) is 14.1. The summed E-state index contributed by atoms with van der Waals surface area (Å²) < 4.78 is 11.2. The highest BCUT2D eigenvalue weighted by atomic mass is 16.6. The monoisotopic (exact) mass is 328 g/mol. The normalized spacial score (nSPS) is 12.6. The molecule has 1 unspecified atom stereocenters. The highest BCUT2D eigenvalue weighted by molar-refractivity contribution is 5.88. The minimum absolute atomic E-state index is 0.0686. The summed E-state index contributed by atoms with van der Waals surface area (Å²) in [5.74, 6) is -0.617. The lowest BCUT2D eigenvalue weighted by Gasteiger charge is -2.19. The smallest absolute Gasteiger partial charge is 0.407 e. The molecule has 0 aliphatic heterocycles. The van der Waals surface area contributed by atoms with E-state index in [-0.39, 0.29) is 18.8 Å². The highest BCUT2D eigenvalue weighted by Gasteiger charge is 2.21. The van der Waals surface area contributed by atoms with Gasteiger partial charge in [0.1, 0.15) is 5.60 Å². The number of esters is 1. The van der Waals surface area contributed by atoms with Crippen LogP contribution in [0.1, 0.15) is 43.9 Å². The fourth-order valence-electron chi connectivity index (χ4n) is 1.83. The number of hydrogen-bond acceptors (Lipinski definition) is 7. The standard InChI is InChI=1S/C14H24N4O5/c1-9(19)8-18-10(11(16-17-18)12(20)22-5)6-7-15-13(21)23-14(2,3)4/h9,19H,6-8H2,1-5H3,(H,15,21). The van der Waals surface area contributed by atoms with Crippen molar-refractivity contribution in [1.82, 2.24) is 20.3 Å². The SMILES string of the molecule is COC(=O)c1nnn(CC(C)O)c1CCNC(=O)OC(C)(C)C. The molecule has 0 radical (unpaired) electrons. The van der Waals surface area contributed by atoms with E-state index in [2.05, 4.69) is 20.4 Å². The molecular formula is C14H24N4O5. The predicted octanol–water partition coefficient (Wildman–Crippen LogP) is 0.513. The molecule has 1 aromatic rings. The third-order valence-corrected chi connectivity index (χ3v) is 2.68. The van der Waals surface area contributed by atoms with Gasteiger partial charge in [0, 0.05) is 13.0 Å². The topological polar surface area (TPSA) is 116 Å². The van der Waals surface area contributed by atoms with Gasteiger partial charge >= 0.3 is 12.1 Å². The van der Waals surface area contributed by atoms with E-state index in [9.17, 15) is 14.7 Å². The van der Waals surface area contributed by atoms with Crippen LogP contribution in [0.3, 0.4) is 0 Å². The molecule has 0 saturated heterocycles. The quantitative estimate of drug-likeness (QED) is 0.731. The minimum Gasteiger partial charge on any atom is -0.464 e. The first-order valence-electron chi connectivity index (χ1n) is 7.29. The Kier molecular flexibility index (Phi) is 6.49. The Morgan fingerprint density at radius 1 is 1.39 bits per heavy atom. The number of amides is 1. The Morgan fingerprint density at radius 3 is 2.57 bits per heavy atom. The van der Waals surface area contributed by atoms with Crippen LogP contribution in [0.15, 0.2) is 0 Å². The molecule has 2 N–H and O–H groups in total. The molecule has 9 nitrogen and oxygen atoms in total. The molecule has 1 rings (SSSR count). The molecule has 1 atom stereocenters. The number of carbonyl (C=O) groups excluding carboxylic acids is 2. The lowest BCUT2D eigenvalue weighted by Crippen LogP contribution is -2.34. The van der Waals surface area contributed by atoms with Gasteiger partial charge in [-0.15, -0.1) is 5.10 Å². The van der Waals surface area contributed by atoms with Crippen LogP contribution in [0.5, 0.6) is 0 Å². The van der Waals surface area contributed by atoms with Gasteiger partial charge in [0.15, 0.2) is 5.69 Å². The Hall–Kier alpha value is -2.16. The third kappa shape index (κ3) is 6.23. The Balaban J connectivity index is 2.75. The van der Waals surface area contributed by atoms with Crippen molar-refractivity contribution in [3.8, 4) is 0 Å². The van der Waals surface area contributed by atoms with Crippen molar-refractivity contribution in [3.63, 3.8) is 0 Å². The Morgan fingerprint density at radius 2 is 2.04 bits per heavy atom. The zero-order chi connectivity index (χ0) is 17.6. The second-order valence-electron chi connectivity index (χ2n) is 6.09. The fraction of sp³-hybridized carbons (Fsp3) is 0.714. The van der Waals surface area contributed by atoms with Gasteiger partial charge in [0.2, 0.25) is 0 Å². The van der Waals surface area contributed by atoms with E-state index in [1.807, 2.05) is 0 Å². The summed E-state index contributed by atoms with van der Waals surface area (Å²) in [7, 11) is 1.25. The first-order valence-corrected chi connectivity index (χ1v) is 7.29. The lowest BCUT2D eigenvalue weighted by atomic mass is 10.2. The number of ether oxygens (including phenoxy) is 2. The van der Waals surface area contributed by atoms with Crippen LogP contribution in [0.25, 0.3) is 0 Å². The second kappa shape index (κ2) is 7.91. The number of hydrogen-bond donors (Lipinski definition) is 2. The van der Waals surface area contributed by atoms with Crippen LogP contribution in [0.4, 0.5) is 4.79 Å². The van der Waals surface area contributed by atoms with E-state index in [1.165, 1.54) is 11.8 Å². The number of rotatable bonds is 6. The van der Waals surface area contributed by atoms with Crippen molar-refractivity contribution in [2.24, 2.45) is 0 Å². The average Bonchev–Trinajstić information content (AvgIpc) is 2.78. The maximum atomic E-state index is 11.7. The largest absolute Gasteiger partial charge is 0.464 e. The molecule has 1 heterocycles. The predicted molar refractivity (Wildman–Crippen MR) is 81.0 cm³/mol. The Labute approximate surface area is 135 Å². The molecule has 0 saturated carbocycles. The summed E-state index contributed by atoms with van der Waals surface area (Å²) in [6.07, 6.45) is -0.907. The molecule has 0 spiro atoms. The van der Waals surface area contributed by atoms with Crippen LogP contribution in [-0.2, 0) is 22.4 Å². The maximum absolute atomic E-state index is 11.7. The van der Waals surface area contributed by atoms with E-state index in [0.717, 1.165) is 0 Å². The first kappa shape index (κ1) is 18.9. The van der Waals surface area contributed by atoms with Crippen molar-refractivity contribution >= 4 is 12.1 Å².